The Hall–Kier alpha value is -1.76. The van der Waals surface area contributed by atoms with Gasteiger partial charge in [0.25, 0.3) is 5.91 Å². The molecule has 116 valence electrons. The van der Waals surface area contributed by atoms with Crippen molar-refractivity contribution in [3.8, 4) is 0 Å². The van der Waals surface area contributed by atoms with Crippen molar-refractivity contribution in [1.29, 1.82) is 0 Å². The summed E-state index contributed by atoms with van der Waals surface area (Å²) in [4.78, 5) is 21.4. The van der Waals surface area contributed by atoms with Crippen LogP contribution in [0.25, 0.3) is 0 Å². The zero-order chi connectivity index (χ0) is 15.4. The largest absolute Gasteiger partial charge is 0.386 e. The van der Waals surface area contributed by atoms with Crippen molar-refractivity contribution in [3.05, 3.63) is 52.5 Å². The standard InChI is InChI=1S/C16H19N3O2S/c20-14(15-4-2-10-22-15)12-18-6-8-19(9-7-18)16(21)13-3-1-5-17-11-13/h1-5,10-11,14,20H,6-9,12H2. The second kappa shape index (κ2) is 7.00. The number of hydrogen-bond donors (Lipinski definition) is 1. The summed E-state index contributed by atoms with van der Waals surface area (Å²) in [6, 6.07) is 7.48. The normalized spacial score (nSPS) is 17.4. The third-order valence-corrected chi connectivity index (χ3v) is 4.84. The Balaban J connectivity index is 1.51. The van der Waals surface area contributed by atoms with Crippen molar-refractivity contribution >= 4 is 17.2 Å². The quantitative estimate of drug-likeness (QED) is 0.931. The average molecular weight is 317 g/mol. The van der Waals surface area contributed by atoms with Crippen LogP contribution in [0, 0.1) is 0 Å². The summed E-state index contributed by atoms with van der Waals surface area (Å²) in [6.07, 6.45) is 2.83. The highest BCUT2D eigenvalue weighted by Gasteiger charge is 2.23. The molecule has 5 nitrogen and oxygen atoms in total. The third kappa shape index (κ3) is 3.52. The number of carbonyl (C=O) groups is 1. The summed E-state index contributed by atoms with van der Waals surface area (Å²) in [7, 11) is 0. The van der Waals surface area contributed by atoms with Crippen LogP contribution in [0.4, 0.5) is 0 Å². The molecule has 1 fully saturated rings. The van der Waals surface area contributed by atoms with Crippen LogP contribution in [0.15, 0.2) is 42.0 Å². The number of pyridine rings is 1. The molecule has 1 aliphatic rings. The van der Waals surface area contributed by atoms with Crippen LogP contribution in [0.2, 0.25) is 0 Å². The lowest BCUT2D eigenvalue weighted by Gasteiger charge is -2.35. The van der Waals surface area contributed by atoms with E-state index in [0.29, 0.717) is 25.2 Å². The Morgan fingerprint density at radius 3 is 2.73 bits per heavy atom. The molecule has 0 radical (unpaired) electrons. The number of aromatic nitrogens is 1. The minimum Gasteiger partial charge on any atom is -0.386 e. The number of aliphatic hydroxyl groups is 1. The molecule has 1 N–H and O–H groups in total. The van der Waals surface area contributed by atoms with E-state index < -0.39 is 6.10 Å². The van der Waals surface area contributed by atoms with Gasteiger partial charge in [0.05, 0.1) is 5.56 Å². The fraction of sp³-hybridized carbons (Fsp3) is 0.375. The van der Waals surface area contributed by atoms with Crippen LogP contribution < -0.4 is 0 Å². The third-order valence-electron chi connectivity index (χ3n) is 3.87. The molecule has 22 heavy (non-hydrogen) atoms. The monoisotopic (exact) mass is 317 g/mol. The van der Waals surface area contributed by atoms with Crippen molar-refractivity contribution in [2.24, 2.45) is 0 Å². The number of hydrogen-bond acceptors (Lipinski definition) is 5. The molecule has 0 aromatic carbocycles. The smallest absolute Gasteiger partial charge is 0.255 e. The molecule has 0 saturated carbocycles. The van der Waals surface area contributed by atoms with E-state index in [4.69, 9.17) is 0 Å². The van der Waals surface area contributed by atoms with E-state index in [-0.39, 0.29) is 5.91 Å². The van der Waals surface area contributed by atoms with Gasteiger partial charge in [-0.15, -0.1) is 11.3 Å². The number of thiophene rings is 1. The van der Waals surface area contributed by atoms with Crippen molar-refractivity contribution in [2.45, 2.75) is 6.10 Å². The molecule has 1 aliphatic heterocycles. The highest BCUT2D eigenvalue weighted by molar-refractivity contribution is 7.10. The molecule has 1 saturated heterocycles. The fourth-order valence-electron chi connectivity index (χ4n) is 2.62. The highest BCUT2D eigenvalue weighted by Crippen LogP contribution is 2.20. The molecule has 0 spiro atoms. The Labute approximate surface area is 133 Å². The van der Waals surface area contributed by atoms with Crippen LogP contribution in [0.3, 0.4) is 0 Å². The Morgan fingerprint density at radius 1 is 1.27 bits per heavy atom. The van der Waals surface area contributed by atoms with Gasteiger partial charge in [-0.1, -0.05) is 6.07 Å². The maximum atomic E-state index is 12.3. The van der Waals surface area contributed by atoms with Crippen molar-refractivity contribution in [3.63, 3.8) is 0 Å². The first-order valence-corrected chi connectivity index (χ1v) is 8.25. The van der Waals surface area contributed by atoms with Gasteiger partial charge in [-0.25, -0.2) is 0 Å². The Kier molecular flexibility index (Phi) is 4.82. The summed E-state index contributed by atoms with van der Waals surface area (Å²) in [5.41, 5.74) is 0.634. The van der Waals surface area contributed by atoms with Crippen LogP contribution >= 0.6 is 11.3 Å². The second-order valence-corrected chi connectivity index (χ2v) is 6.34. The van der Waals surface area contributed by atoms with E-state index >= 15 is 0 Å². The molecule has 1 amide bonds. The fourth-order valence-corrected chi connectivity index (χ4v) is 3.32. The van der Waals surface area contributed by atoms with Gasteiger partial charge < -0.3 is 10.0 Å². The molecule has 2 aromatic heterocycles. The molecule has 1 atom stereocenters. The minimum absolute atomic E-state index is 0.0338. The topological polar surface area (TPSA) is 56.7 Å². The molecule has 3 heterocycles. The molecule has 3 rings (SSSR count). The van der Waals surface area contributed by atoms with E-state index in [1.165, 1.54) is 0 Å². The number of nitrogens with zero attached hydrogens (tertiary/aromatic N) is 3. The van der Waals surface area contributed by atoms with Crippen LogP contribution in [0.5, 0.6) is 0 Å². The van der Waals surface area contributed by atoms with Gasteiger partial charge in [0.2, 0.25) is 0 Å². The number of carbonyl (C=O) groups excluding carboxylic acids is 1. The zero-order valence-corrected chi connectivity index (χ0v) is 13.1. The van der Waals surface area contributed by atoms with Gasteiger partial charge in [0.15, 0.2) is 0 Å². The molecule has 1 unspecified atom stereocenters. The van der Waals surface area contributed by atoms with E-state index in [1.807, 2.05) is 22.4 Å². The van der Waals surface area contributed by atoms with Gasteiger partial charge in [0, 0.05) is 50.0 Å². The van der Waals surface area contributed by atoms with Crippen LogP contribution in [-0.2, 0) is 0 Å². The summed E-state index contributed by atoms with van der Waals surface area (Å²) >= 11 is 1.57. The molecule has 6 heteroatoms. The molecular weight excluding hydrogens is 298 g/mol. The number of aliphatic hydroxyl groups excluding tert-OH is 1. The lowest BCUT2D eigenvalue weighted by Crippen LogP contribution is -2.49. The maximum Gasteiger partial charge on any atom is 0.255 e. The van der Waals surface area contributed by atoms with Crippen molar-refractivity contribution in [2.75, 3.05) is 32.7 Å². The first-order chi connectivity index (χ1) is 10.7. The summed E-state index contributed by atoms with van der Waals surface area (Å²) in [5.74, 6) is 0.0338. The molecule has 0 aliphatic carbocycles. The number of piperazine rings is 1. The highest BCUT2D eigenvalue weighted by atomic mass is 32.1. The minimum atomic E-state index is -0.444. The first kappa shape index (κ1) is 15.1. The molecular formula is C16H19N3O2S. The first-order valence-electron chi connectivity index (χ1n) is 7.37. The van der Waals surface area contributed by atoms with Gasteiger partial charge in [-0.3, -0.25) is 14.7 Å². The van der Waals surface area contributed by atoms with Crippen molar-refractivity contribution in [1.82, 2.24) is 14.8 Å². The molecule has 2 aromatic rings. The SMILES string of the molecule is O=C(c1cccnc1)N1CCN(CC(O)c2cccs2)CC1. The van der Waals surface area contributed by atoms with Gasteiger partial charge in [-0.05, 0) is 23.6 Å². The maximum absolute atomic E-state index is 12.3. The lowest BCUT2D eigenvalue weighted by atomic mass is 10.2. The van der Waals surface area contributed by atoms with Crippen LogP contribution in [0.1, 0.15) is 21.3 Å². The number of rotatable bonds is 4. The second-order valence-electron chi connectivity index (χ2n) is 5.37. The lowest BCUT2D eigenvalue weighted by molar-refractivity contribution is 0.0532. The van der Waals surface area contributed by atoms with Gasteiger partial charge in [-0.2, -0.15) is 0 Å². The predicted molar refractivity (Wildman–Crippen MR) is 85.9 cm³/mol. The molecule has 0 bridgehead atoms. The van der Waals surface area contributed by atoms with E-state index in [0.717, 1.165) is 18.0 Å². The van der Waals surface area contributed by atoms with Crippen molar-refractivity contribution < 1.29 is 9.90 Å². The van der Waals surface area contributed by atoms with E-state index in [2.05, 4.69) is 9.88 Å². The van der Waals surface area contributed by atoms with Gasteiger partial charge in [0.1, 0.15) is 6.10 Å². The number of amides is 1. The average Bonchev–Trinajstić information content (AvgIpc) is 3.10. The number of β-amino-alcohol motifs (C(OH)–C–C–N with tert-alkyl or cyclic N) is 1. The van der Waals surface area contributed by atoms with E-state index in [9.17, 15) is 9.90 Å². The van der Waals surface area contributed by atoms with Crippen LogP contribution in [-0.4, -0.2) is 58.5 Å². The summed E-state index contributed by atoms with van der Waals surface area (Å²) in [5, 5.41) is 12.2. The van der Waals surface area contributed by atoms with Gasteiger partial charge >= 0.3 is 0 Å². The summed E-state index contributed by atoms with van der Waals surface area (Å²) < 4.78 is 0. The zero-order valence-electron chi connectivity index (χ0n) is 12.3. The predicted octanol–water partition coefficient (Wildman–Crippen LogP) is 1.63. The Bertz CT molecular complexity index is 595. The van der Waals surface area contributed by atoms with E-state index in [1.54, 1.807) is 35.9 Å². The summed E-state index contributed by atoms with van der Waals surface area (Å²) in [6.45, 7) is 3.56. The Morgan fingerprint density at radius 2 is 2.09 bits per heavy atom.